The average Bonchev–Trinajstić information content (AvgIpc) is 1.86. The summed E-state index contributed by atoms with van der Waals surface area (Å²) in [6, 6.07) is 0. The standard InChI is InChI=1S/C7H19NOSi/c1-5-9-10(3,4)7(2)6-8/h7H,5-6,8H2,1-4H3. The first-order valence-corrected chi connectivity index (χ1v) is 6.87. The second-order valence-corrected chi connectivity index (χ2v) is 7.65. The maximum Gasteiger partial charge on any atom is 0.190 e. The first-order valence-electron chi connectivity index (χ1n) is 3.88. The minimum absolute atomic E-state index is 0.562. The molecule has 62 valence electrons. The lowest BCUT2D eigenvalue weighted by Gasteiger charge is -2.27. The van der Waals surface area contributed by atoms with E-state index in [1.807, 2.05) is 6.92 Å². The number of rotatable bonds is 4. The Morgan fingerprint density at radius 1 is 1.50 bits per heavy atom. The van der Waals surface area contributed by atoms with Crippen molar-refractivity contribution >= 4 is 8.32 Å². The van der Waals surface area contributed by atoms with Crippen LogP contribution in [0.5, 0.6) is 0 Å². The predicted octanol–water partition coefficient (Wildman–Crippen LogP) is 1.58. The molecule has 0 radical (unpaired) electrons. The van der Waals surface area contributed by atoms with Gasteiger partial charge in [0.1, 0.15) is 0 Å². The largest absolute Gasteiger partial charge is 0.417 e. The van der Waals surface area contributed by atoms with Gasteiger partial charge in [0.2, 0.25) is 0 Å². The fourth-order valence-corrected chi connectivity index (χ4v) is 2.39. The minimum Gasteiger partial charge on any atom is -0.417 e. The van der Waals surface area contributed by atoms with Crippen LogP contribution in [-0.2, 0) is 4.43 Å². The zero-order chi connectivity index (χ0) is 8.20. The molecule has 0 aliphatic heterocycles. The summed E-state index contributed by atoms with van der Waals surface area (Å²) in [4.78, 5) is 0. The summed E-state index contributed by atoms with van der Waals surface area (Å²) in [5, 5.41) is 0. The molecule has 1 atom stereocenters. The Balaban J connectivity index is 3.82. The Labute approximate surface area is 64.9 Å². The number of hydrogen-bond donors (Lipinski definition) is 1. The smallest absolute Gasteiger partial charge is 0.190 e. The van der Waals surface area contributed by atoms with E-state index in [4.69, 9.17) is 10.2 Å². The molecule has 0 aliphatic carbocycles. The van der Waals surface area contributed by atoms with E-state index in [0.717, 1.165) is 13.2 Å². The molecule has 10 heavy (non-hydrogen) atoms. The van der Waals surface area contributed by atoms with E-state index >= 15 is 0 Å². The van der Waals surface area contributed by atoms with Crippen LogP contribution >= 0.6 is 0 Å². The SMILES string of the molecule is CCO[Si](C)(C)C(C)CN. The third-order valence-corrected chi connectivity index (χ3v) is 5.70. The van der Waals surface area contributed by atoms with Crippen molar-refractivity contribution in [3.63, 3.8) is 0 Å². The highest BCUT2D eigenvalue weighted by Gasteiger charge is 2.28. The van der Waals surface area contributed by atoms with E-state index in [1.165, 1.54) is 0 Å². The van der Waals surface area contributed by atoms with Crippen LogP contribution in [0.2, 0.25) is 18.6 Å². The van der Waals surface area contributed by atoms with E-state index < -0.39 is 8.32 Å². The van der Waals surface area contributed by atoms with Gasteiger partial charge in [0, 0.05) is 6.61 Å². The van der Waals surface area contributed by atoms with E-state index in [1.54, 1.807) is 0 Å². The van der Waals surface area contributed by atoms with E-state index in [9.17, 15) is 0 Å². The van der Waals surface area contributed by atoms with Gasteiger partial charge in [-0.2, -0.15) is 0 Å². The Bertz CT molecular complexity index is 95.6. The average molecular weight is 161 g/mol. The third-order valence-electron chi connectivity index (χ3n) is 2.06. The molecule has 0 rings (SSSR count). The van der Waals surface area contributed by atoms with Gasteiger partial charge < -0.3 is 10.2 Å². The van der Waals surface area contributed by atoms with Crippen molar-refractivity contribution in [1.29, 1.82) is 0 Å². The summed E-state index contributed by atoms with van der Waals surface area (Å²) in [5.41, 5.74) is 6.11. The molecule has 2 N–H and O–H groups in total. The zero-order valence-corrected chi connectivity index (χ0v) is 8.48. The Hall–Kier alpha value is 0.137. The molecule has 0 aliphatic rings. The Morgan fingerprint density at radius 2 is 2.00 bits per heavy atom. The Kier molecular flexibility index (Phi) is 4.16. The van der Waals surface area contributed by atoms with Crippen LogP contribution in [0, 0.1) is 0 Å². The van der Waals surface area contributed by atoms with Crippen LogP contribution in [-0.4, -0.2) is 21.5 Å². The summed E-state index contributed by atoms with van der Waals surface area (Å²) >= 11 is 0. The van der Waals surface area contributed by atoms with Crippen molar-refractivity contribution in [1.82, 2.24) is 0 Å². The Morgan fingerprint density at radius 3 is 2.30 bits per heavy atom. The van der Waals surface area contributed by atoms with Gasteiger partial charge in [-0.1, -0.05) is 6.92 Å². The molecule has 3 heteroatoms. The fraction of sp³-hybridized carbons (Fsp3) is 1.00. The van der Waals surface area contributed by atoms with Crippen molar-refractivity contribution in [2.45, 2.75) is 32.5 Å². The lowest BCUT2D eigenvalue weighted by atomic mass is 10.5. The van der Waals surface area contributed by atoms with Crippen LogP contribution in [0.15, 0.2) is 0 Å². The van der Waals surface area contributed by atoms with Crippen LogP contribution < -0.4 is 5.73 Å². The molecule has 0 bridgehead atoms. The van der Waals surface area contributed by atoms with Gasteiger partial charge in [0.05, 0.1) is 0 Å². The summed E-state index contributed by atoms with van der Waals surface area (Å²) < 4.78 is 5.64. The highest BCUT2D eigenvalue weighted by Crippen LogP contribution is 2.20. The van der Waals surface area contributed by atoms with Crippen molar-refractivity contribution in [2.75, 3.05) is 13.2 Å². The maximum absolute atomic E-state index is 5.64. The van der Waals surface area contributed by atoms with Gasteiger partial charge in [0.15, 0.2) is 8.32 Å². The van der Waals surface area contributed by atoms with Crippen molar-refractivity contribution in [2.24, 2.45) is 5.73 Å². The molecule has 0 saturated heterocycles. The van der Waals surface area contributed by atoms with Gasteiger partial charge in [-0.05, 0) is 32.1 Å². The normalized spacial score (nSPS) is 15.3. The second-order valence-electron chi connectivity index (χ2n) is 3.17. The molecule has 0 fully saturated rings. The van der Waals surface area contributed by atoms with E-state index in [-0.39, 0.29) is 0 Å². The number of nitrogens with two attached hydrogens (primary N) is 1. The molecule has 0 heterocycles. The molecule has 0 aromatic rings. The summed E-state index contributed by atoms with van der Waals surface area (Å²) in [6.07, 6.45) is 0. The first-order chi connectivity index (χ1) is 4.54. The van der Waals surface area contributed by atoms with Crippen LogP contribution in [0.3, 0.4) is 0 Å². The van der Waals surface area contributed by atoms with Crippen LogP contribution in [0.25, 0.3) is 0 Å². The first kappa shape index (κ1) is 10.1. The molecular weight excluding hydrogens is 142 g/mol. The van der Waals surface area contributed by atoms with Gasteiger partial charge in [-0.25, -0.2) is 0 Å². The lowest BCUT2D eigenvalue weighted by Crippen LogP contribution is -2.38. The highest BCUT2D eigenvalue weighted by molar-refractivity contribution is 6.72. The predicted molar refractivity (Wildman–Crippen MR) is 47.6 cm³/mol. The monoisotopic (exact) mass is 161 g/mol. The summed E-state index contributed by atoms with van der Waals surface area (Å²) in [6.45, 7) is 10.2. The fourth-order valence-electron chi connectivity index (χ4n) is 0.798. The zero-order valence-electron chi connectivity index (χ0n) is 7.48. The molecule has 0 amide bonds. The molecule has 1 unspecified atom stereocenters. The van der Waals surface area contributed by atoms with Gasteiger partial charge in [-0.3, -0.25) is 0 Å². The van der Waals surface area contributed by atoms with E-state index in [0.29, 0.717) is 5.54 Å². The van der Waals surface area contributed by atoms with Crippen LogP contribution in [0.4, 0.5) is 0 Å². The van der Waals surface area contributed by atoms with Gasteiger partial charge in [-0.15, -0.1) is 0 Å². The maximum atomic E-state index is 5.64. The highest BCUT2D eigenvalue weighted by atomic mass is 28.4. The molecule has 0 aromatic carbocycles. The molecule has 0 aromatic heterocycles. The van der Waals surface area contributed by atoms with Crippen LogP contribution in [0.1, 0.15) is 13.8 Å². The van der Waals surface area contributed by atoms with Gasteiger partial charge in [0.25, 0.3) is 0 Å². The van der Waals surface area contributed by atoms with Gasteiger partial charge >= 0.3 is 0 Å². The topological polar surface area (TPSA) is 35.2 Å². The minimum atomic E-state index is -1.43. The molecule has 0 spiro atoms. The quantitative estimate of drug-likeness (QED) is 0.635. The number of hydrogen-bond acceptors (Lipinski definition) is 2. The lowest BCUT2D eigenvalue weighted by molar-refractivity contribution is 0.321. The van der Waals surface area contributed by atoms with Crippen molar-refractivity contribution in [3.05, 3.63) is 0 Å². The van der Waals surface area contributed by atoms with E-state index in [2.05, 4.69) is 20.0 Å². The molecular formula is C7H19NOSi. The molecule has 2 nitrogen and oxygen atoms in total. The molecule has 0 saturated carbocycles. The van der Waals surface area contributed by atoms with Crippen molar-refractivity contribution in [3.8, 4) is 0 Å². The third kappa shape index (κ3) is 2.81. The summed E-state index contributed by atoms with van der Waals surface area (Å²) in [7, 11) is -1.43. The second kappa shape index (κ2) is 4.11. The van der Waals surface area contributed by atoms with Crippen molar-refractivity contribution < 1.29 is 4.43 Å². The summed E-state index contributed by atoms with van der Waals surface area (Å²) in [5.74, 6) is 0.